The van der Waals surface area contributed by atoms with Crippen LogP contribution in [-0.2, 0) is 12.8 Å². The normalized spacial score (nSPS) is 12.2. The first-order valence-electron chi connectivity index (χ1n) is 7.43. The highest BCUT2D eigenvalue weighted by molar-refractivity contribution is 5.38. The molecular formula is C18H24N2O. The minimum atomic E-state index is 0.236. The minimum Gasteiger partial charge on any atom is -0.496 e. The highest BCUT2D eigenvalue weighted by Gasteiger charge is 2.12. The standard InChI is InChI=1S/C18H24N2O/c1-5-14-7-9-16(20-12-14)11-17(19-3)15-8-6-13(2)18(10-15)21-4/h6-10,12,17,19H,5,11H2,1-4H3. The molecule has 0 aliphatic rings. The molecule has 0 saturated heterocycles. The van der Waals surface area contributed by atoms with Gasteiger partial charge in [-0.3, -0.25) is 4.98 Å². The molecule has 112 valence electrons. The van der Waals surface area contributed by atoms with E-state index in [1.165, 1.54) is 11.1 Å². The van der Waals surface area contributed by atoms with Crippen LogP contribution in [0, 0.1) is 6.92 Å². The monoisotopic (exact) mass is 284 g/mol. The number of ether oxygens (including phenoxy) is 1. The lowest BCUT2D eigenvalue weighted by Gasteiger charge is -2.18. The highest BCUT2D eigenvalue weighted by atomic mass is 16.5. The number of aromatic nitrogens is 1. The molecule has 21 heavy (non-hydrogen) atoms. The van der Waals surface area contributed by atoms with E-state index < -0.39 is 0 Å². The van der Waals surface area contributed by atoms with Crippen LogP contribution >= 0.6 is 0 Å². The van der Waals surface area contributed by atoms with E-state index in [-0.39, 0.29) is 6.04 Å². The Kier molecular flexibility index (Phi) is 5.34. The first kappa shape index (κ1) is 15.5. The van der Waals surface area contributed by atoms with Crippen LogP contribution in [0.5, 0.6) is 5.75 Å². The van der Waals surface area contributed by atoms with Crippen molar-refractivity contribution in [3.8, 4) is 5.75 Å². The molecule has 3 heteroatoms. The van der Waals surface area contributed by atoms with Crippen molar-refractivity contribution < 1.29 is 4.74 Å². The van der Waals surface area contributed by atoms with Crippen molar-refractivity contribution in [2.45, 2.75) is 32.7 Å². The Bertz CT molecular complexity index is 578. The summed E-state index contributed by atoms with van der Waals surface area (Å²) in [6.07, 6.45) is 3.86. The van der Waals surface area contributed by atoms with Crippen LogP contribution in [0.2, 0.25) is 0 Å². The Balaban J connectivity index is 2.18. The van der Waals surface area contributed by atoms with Crippen molar-refractivity contribution >= 4 is 0 Å². The molecule has 0 spiro atoms. The van der Waals surface area contributed by atoms with E-state index in [2.05, 4.69) is 54.5 Å². The number of pyridine rings is 1. The van der Waals surface area contributed by atoms with Crippen LogP contribution < -0.4 is 10.1 Å². The van der Waals surface area contributed by atoms with Gasteiger partial charge in [0, 0.05) is 24.4 Å². The molecule has 1 aromatic heterocycles. The summed E-state index contributed by atoms with van der Waals surface area (Å²) in [7, 11) is 3.70. The lowest BCUT2D eigenvalue weighted by atomic mass is 9.99. The average Bonchev–Trinajstić information content (AvgIpc) is 2.54. The quantitative estimate of drug-likeness (QED) is 0.882. The number of benzene rings is 1. The summed E-state index contributed by atoms with van der Waals surface area (Å²) in [5.41, 5.74) is 4.76. The predicted octanol–water partition coefficient (Wildman–Crippen LogP) is 3.46. The van der Waals surface area contributed by atoms with Crippen LogP contribution in [0.15, 0.2) is 36.5 Å². The summed E-state index contributed by atoms with van der Waals surface area (Å²) in [5, 5.41) is 3.37. The van der Waals surface area contributed by atoms with Crippen LogP contribution in [-0.4, -0.2) is 19.1 Å². The van der Waals surface area contributed by atoms with Crippen molar-refractivity contribution in [1.29, 1.82) is 0 Å². The summed E-state index contributed by atoms with van der Waals surface area (Å²) in [6.45, 7) is 4.20. The molecule has 1 unspecified atom stereocenters. The Labute approximate surface area is 127 Å². The molecule has 1 atom stereocenters. The molecular weight excluding hydrogens is 260 g/mol. The van der Waals surface area contributed by atoms with E-state index in [1.807, 2.05) is 13.2 Å². The van der Waals surface area contributed by atoms with E-state index in [4.69, 9.17) is 4.74 Å². The van der Waals surface area contributed by atoms with Gasteiger partial charge < -0.3 is 10.1 Å². The topological polar surface area (TPSA) is 34.1 Å². The number of rotatable bonds is 6. The molecule has 0 aliphatic carbocycles. The number of aryl methyl sites for hydroxylation is 2. The molecule has 1 aromatic carbocycles. The lowest BCUT2D eigenvalue weighted by molar-refractivity contribution is 0.410. The summed E-state index contributed by atoms with van der Waals surface area (Å²) in [5.74, 6) is 0.932. The zero-order valence-corrected chi connectivity index (χ0v) is 13.3. The molecule has 3 nitrogen and oxygen atoms in total. The Morgan fingerprint density at radius 3 is 2.62 bits per heavy atom. The second-order valence-electron chi connectivity index (χ2n) is 5.29. The maximum atomic E-state index is 5.42. The van der Waals surface area contributed by atoms with Gasteiger partial charge in [0.2, 0.25) is 0 Å². The third-order valence-corrected chi connectivity index (χ3v) is 3.89. The molecule has 0 amide bonds. The lowest BCUT2D eigenvalue weighted by Crippen LogP contribution is -2.19. The van der Waals surface area contributed by atoms with Gasteiger partial charge in [0.15, 0.2) is 0 Å². The van der Waals surface area contributed by atoms with Crippen LogP contribution in [0.4, 0.5) is 0 Å². The van der Waals surface area contributed by atoms with Crippen molar-refractivity contribution in [3.05, 3.63) is 58.9 Å². The zero-order valence-electron chi connectivity index (χ0n) is 13.3. The summed E-state index contributed by atoms with van der Waals surface area (Å²) < 4.78 is 5.42. The molecule has 1 N–H and O–H groups in total. The first-order valence-corrected chi connectivity index (χ1v) is 7.43. The number of nitrogens with one attached hydrogen (secondary N) is 1. The number of hydrogen-bond donors (Lipinski definition) is 1. The number of methoxy groups -OCH3 is 1. The fraction of sp³-hybridized carbons (Fsp3) is 0.389. The van der Waals surface area contributed by atoms with Gasteiger partial charge in [-0.1, -0.05) is 25.1 Å². The molecule has 0 bridgehead atoms. The van der Waals surface area contributed by atoms with Crippen molar-refractivity contribution in [2.24, 2.45) is 0 Å². The fourth-order valence-corrected chi connectivity index (χ4v) is 2.43. The second kappa shape index (κ2) is 7.23. The van der Waals surface area contributed by atoms with Crippen molar-refractivity contribution in [1.82, 2.24) is 10.3 Å². The van der Waals surface area contributed by atoms with E-state index >= 15 is 0 Å². The van der Waals surface area contributed by atoms with Crippen LogP contribution in [0.1, 0.15) is 35.3 Å². The molecule has 2 rings (SSSR count). The Morgan fingerprint density at radius 2 is 2.05 bits per heavy atom. The zero-order chi connectivity index (χ0) is 15.2. The van der Waals surface area contributed by atoms with Gasteiger partial charge in [-0.05, 0) is 49.2 Å². The van der Waals surface area contributed by atoms with Gasteiger partial charge in [-0.2, -0.15) is 0 Å². The van der Waals surface area contributed by atoms with Gasteiger partial charge in [0.25, 0.3) is 0 Å². The number of nitrogens with zero attached hydrogens (tertiary/aromatic N) is 1. The van der Waals surface area contributed by atoms with Gasteiger partial charge >= 0.3 is 0 Å². The Morgan fingerprint density at radius 1 is 1.24 bits per heavy atom. The molecule has 2 aromatic rings. The van der Waals surface area contributed by atoms with E-state index in [9.17, 15) is 0 Å². The number of hydrogen-bond acceptors (Lipinski definition) is 3. The first-order chi connectivity index (χ1) is 10.2. The third kappa shape index (κ3) is 3.82. The molecule has 0 aliphatic heterocycles. The smallest absolute Gasteiger partial charge is 0.122 e. The van der Waals surface area contributed by atoms with E-state index in [1.54, 1.807) is 7.11 Å². The third-order valence-electron chi connectivity index (χ3n) is 3.89. The largest absolute Gasteiger partial charge is 0.496 e. The second-order valence-corrected chi connectivity index (χ2v) is 5.29. The van der Waals surface area contributed by atoms with Crippen LogP contribution in [0.3, 0.4) is 0 Å². The predicted molar refractivity (Wildman–Crippen MR) is 86.9 cm³/mol. The van der Waals surface area contributed by atoms with E-state index in [0.29, 0.717) is 0 Å². The van der Waals surface area contributed by atoms with Crippen molar-refractivity contribution in [3.63, 3.8) is 0 Å². The Hall–Kier alpha value is -1.87. The van der Waals surface area contributed by atoms with Gasteiger partial charge in [0.05, 0.1) is 7.11 Å². The fourth-order valence-electron chi connectivity index (χ4n) is 2.43. The highest BCUT2D eigenvalue weighted by Crippen LogP contribution is 2.25. The number of likely N-dealkylation sites (N-methyl/N-ethyl adjacent to an activating group) is 1. The van der Waals surface area contributed by atoms with Gasteiger partial charge in [-0.25, -0.2) is 0 Å². The van der Waals surface area contributed by atoms with Crippen LogP contribution in [0.25, 0.3) is 0 Å². The summed E-state index contributed by atoms with van der Waals surface area (Å²) in [6, 6.07) is 10.9. The summed E-state index contributed by atoms with van der Waals surface area (Å²) >= 11 is 0. The molecule has 0 fully saturated rings. The van der Waals surface area contributed by atoms with Gasteiger partial charge in [0.1, 0.15) is 5.75 Å². The van der Waals surface area contributed by atoms with E-state index in [0.717, 1.165) is 29.8 Å². The molecule has 1 heterocycles. The minimum absolute atomic E-state index is 0.236. The molecule has 0 radical (unpaired) electrons. The SMILES string of the molecule is CCc1ccc(CC(NC)c2ccc(C)c(OC)c2)nc1. The maximum absolute atomic E-state index is 5.42. The molecule has 0 saturated carbocycles. The summed E-state index contributed by atoms with van der Waals surface area (Å²) in [4.78, 5) is 4.55. The van der Waals surface area contributed by atoms with Crippen molar-refractivity contribution in [2.75, 3.05) is 14.2 Å². The average molecular weight is 284 g/mol. The maximum Gasteiger partial charge on any atom is 0.122 e. The van der Waals surface area contributed by atoms with Gasteiger partial charge in [-0.15, -0.1) is 0 Å².